The number of carbonyl (C=O) groups is 3. The van der Waals surface area contributed by atoms with Gasteiger partial charge >= 0.3 is 12.1 Å². The third-order valence-electron chi connectivity index (χ3n) is 3.32. The Labute approximate surface area is 148 Å². The monoisotopic (exact) mass is 372 g/mol. The van der Waals surface area contributed by atoms with Crippen molar-refractivity contribution in [2.75, 3.05) is 7.11 Å². The zero-order valence-corrected chi connectivity index (χ0v) is 14.2. The summed E-state index contributed by atoms with van der Waals surface area (Å²) < 4.78 is 41.2. The van der Waals surface area contributed by atoms with Crippen LogP contribution in [0.4, 0.5) is 13.2 Å². The summed E-state index contributed by atoms with van der Waals surface area (Å²) in [5.41, 5.74) is 0.737. The Morgan fingerprint density at radius 1 is 1.19 bits per heavy atom. The molecule has 1 amide bonds. The summed E-state index contributed by atoms with van der Waals surface area (Å²) in [6.07, 6.45) is -3.79. The number of esters is 1. The van der Waals surface area contributed by atoms with Crippen LogP contribution in [0.1, 0.15) is 12.5 Å². The molecular formula is C17H19F3N2O4. The number of carbonyl (C=O) groups excluding carboxylic acids is 3. The number of ketones is 1. The minimum absolute atomic E-state index is 0.130. The molecular weight excluding hydrogens is 353 g/mol. The summed E-state index contributed by atoms with van der Waals surface area (Å²) in [4.78, 5) is 34.6. The predicted octanol–water partition coefficient (Wildman–Crippen LogP) is 1.51. The average Bonchev–Trinajstić information content (AvgIpc) is 2.59. The van der Waals surface area contributed by atoms with Gasteiger partial charge in [-0.2, -0.15) is 13.2 Å². The predicted molar refractivity (Wildman–Crippen MR) is 86.9 cm³/mol. The third-order valence-corrected chi connectivity index (χ3v) is 3.32. The fourth-order valence-electron chi connectivity index (χ4n) is 1.96. The normalized spacial score (nSPS) is 13.7. The zero-order valence-electron chi connectivity index (χ0n) is 14.2. The van der Waals surface area contributed by atoms with Crippen LogP contribution in [0.25, 0.3) is 0 Å². The first-order valence-electron chi connectivity index (χ1n) is 7.61. The van der Waals surface area contributed by atoms with Crippen LogP contribution in [-0.2, 0) is 25.5 Å². The van der Waals surface area contributed by atoms with Gasteiger partial charge in [0.25, 0.3) is 5.78 Å². The molecule has 2 N–H and O–H groups in total. The maximum atomic E-state index is 12.3. The number of methoxy groups -OCH3 is 1. The topological polar surface area (TPSA) is 84.5 Å². The van der Waals surface area contributed by atoms with E-state index < -0.39 is 35.9 Å². The van der Waals surface area contributed by atoms with Gasteiger partial charge in [-0.25, -0.2) is 4.79 Å². The van der Waals surface area contributed by atoms with Gasteiger partial charge in [-0.1, -0.05) is 30.3 Å². The number of hydrogen-bond acceptors (Lipinski definition) is 5. The molecule has 142 valence electrons. The van der Waals surface area contributed by atoms with Crippen LogP contribution >= 0.6 is 0 Å². The number of benzene rings is 1. The van der Waals surface area contributed by atoms with Crippen molar-refractivity contribution in [2.24, 2.45) is 0 Å². The van der Waals surface area contributed by atoms with Crippen molar-refractivity contribution < 1.29 is 32.3 Å². The Morgan fingerprint density at radius 3 is 2.35 bits per heavy atom. The first-order chi connectivity index (χ1) is 12.1. The molecule has 1 rings (SSSR count). The van der Waals surface area contributed by atoms with Crippen LogP contribution in [0.3, 0.4) is 0 Å². The molecule has 0 saturated carbocycles. The Bertz CT molecular complexity index is 660. The van der Waals surface area contributed by atoms with E-state index in [2.05, 4.69) is 15.4 Å². The van der Waals surface area contributed by atoms with Crippen LogP contribution in [0, 0.1) is 0 Å². The van der Waals surface area contributed by atoms with E-state index in [1.165, 1.54) is 6.92 Å². The lowest BCUT2D eigenvalue weighted by Crippen LogP contribution is -2.49. The number of halogens is 3. The van der Waals surface area contributed by atoms with Crippen molar-refractivity contribution in [3.8, 4) is 0 Å². The van der Waals surface area contributed by atoms with Gasteiger partial charge in [0.05, 0.1) is 7.11 Å². The number of alkyl halides is 3. The van der Waals surface area contributed by atoms with Gasteiger partial charge < -0.3 is 15.4 Å². The van der Waals surface area contributed by atoms with Gasteiger partial charge in [-0.15, -0.1) is 0 Å². The molecule has 0 spiro atoms. The summed E-state index contributed by atoms with van der Waals surface area (Å²) >= 11 is 0. The first kappa shape index (κ1) is 21.2. The number of allylic oxidation sites excluding steroid dienone is 1. The molecule has 0 fully saturated rings. The number of hydrogen-bond donors (Lipinski definition) is 2. The lowest BCUT2D eigenvalue weighted by molar-refractivity contribution is -0.165. The van der Waals surface area contributed by atoms with E-state index in [1.807, 2.05) is 0 Å². The minimum Gasteiger partial charge on any atom is -0.467 e. The molecule has 6 nitrogen and oxygen atoms in total. The van der Waals surface area contributed by atoms with Crippen molar-refractivity contribution in [1.82, 2.24) is 10.6 Å². The van der Waals surface area contributed by atoms with Gasteiger partial charge in [0.2, 0.25) is 5.91 Å². The van der Waals surface area contributed by atoms with Crippen LogP contribution < -0.4 is 10.6 Å². The quantitative estimate of drug-likeness (QED) is 0.534. The number of nitrogens with one attached hydrogen (secondary N) is 2. The first-order valence-corrected chi connectivity index (χ1v) is 7.61. The molecule has 0 aliphatic rings. The van der Waals surface area contributed by atoms with Crippen LogP contribution in [0.15, 0.2) is 42.6 Å². The van der Waals surface area contributed by atoms with E-state index in [4.69, 9.17) is 0 Å². The molecule has 0 bridgehead atoms. The minimum atomic E-state index is -4.99. The fraction of sp³-hybridized carbons (Fsp3) is 0.353. The molecule has 0 saturated heterocycles. The van der Waals surface area contributed by atoms with Crippen molar-refractivity contribution in [3.05, 3.63) is 48.2 Å². The molecule has 1 aromatic rings. The van der Waals surface area contributed by atoms with Crippen molar-refractivity contribution >= 4 is 17.7 Å². The van der Waals surface area contributed by atoms with Gasteiger partial charge in [-0.3, -0.25) is 9.59 Å². The number of ether oxygens (including phenoxy) is 1. The molecule has 0 heterocycles. The summed E-state index contributed by atoms with van der Waals surface area (Å²) in [7, 11) is 1.16. The molecule has 26 heavy (non-hydrogen) atoms. The molecule has 0 unspecified atom stereocenters. The lowest BCUT2D eigenvalue weighted by Gasteiger charge is -2.19. The second kappa shape index (κ2) is 9.59. The molecule has 0 aromatic heterocycles. The van der Waals surface area contributed by atoms with Gasteiger partial charge in [0.1, 0.15) is 12.1 Å². The fourth-order valence-corrected chi connectivity index (χ4v) is 1.96. The smallest absolute Gasteiger partial charge is 0.454 e. The maximum absolute atomic E-state index is 12.3. The summed E-state index contributed by atoms with van der Waals surface area (Å²) in [6, 6.07) is 6.78. The SMILES string of the molecule is COC(=O)[C@H](C)NC(=O)[C@@H](Cc1ccccc1)N/C=C/C(=O)C(F)(F)F. The Hall–Kier alpha value is -2.84. The van der Waals surface area contributed by atoms with Crippen molar-refractivity contribution in [1.29, 1.82) is 0 Å². The molecule has 0 radical (unpaired) electrons. The van der Waals surface area contributed by atoms with Gasteiger partial charge in [-0.05, 0) is 12.5 Å². The average molecular weight is 372 g/mol. The van der Waals surface area contributed by atoms with Crippen molar-refractivity contribution in [3.63, 3.8) is 0 Å². The molecule has 0 aliphatic carbocycles. The molecule has 0 aliphatic heterocycles. The molecule has 1 aromatic carbocycles. The van der Waals surface area contributed by atoms with Crippen LogP contribution in [0.5, 0.6) is 0 Å². The summed E-state index contributed by atoms with van der Waals surface area (Å²) in [6.45, 7) is 1.41. The summed E-state index contributed by atoms with van der Waals surface area (Å²) in [5, 5.41) is 4.87. The van der Waals surface area contributed by atoms with Crippen LogP contribution in [-0.4, -0.2) is 43.0 Å². The second-order valence-electron chi connectivity index (χ2n) is 5.36. The Morgan fingerprint density at radius 2 is 1.81 bits per heavy atom. The van der Waals surface area contributed by atoms with E-state index in [-0.39, 0.29) is 6.42 Å². The van der Waals surface area contributed by atoms with Gasteiger partial charge in [0, 0.05) is 18.7 Å². The van der Waals surface area contributed by atoms with Gasteiger partial charge in [0.15, 0.2) is 0 Å². The highest BCUT2D eigenvalue weighted by Crippen LogP contribution is 2.16. The number of rotatable bonds is 8. The lowest BCUT2D eigenvalue weighted by atomic mass is 10.1. The Balaban J connectivity index is 2.85. The zero-order chi connectivity index (χ0) is 19.7. The standard InChI is InChI=1S/C17H19F3N2O4/c1-11(16(25)26-2)22-15(24)13(10-12-6-4-3-5-7-12)21-9-8-14(23)17(18,19)20/h3-9,11,13,21H,10H2,1-2H3,(H,22,24)/b9-8+/t11-,13+/m0/s1. The molecule has 9 heteroatoms. The molecule has 2 atom stereocenters. The van der Waals surface area contributed by atoms with E-state index in [0.717, 1.165) is 18.9 Å². The number of amides is 1. The van der Waals surface area contributed by atoms with Crippen molar-refractivity contribution in [2.45, 2.75) is 31.6 Å². The maximum Gasteiger partial charge on any atom is 0.454 e. The van der Waals surface area contributed by atoms with Crippen LogP contribution in [0.2, 0.25) is 0 Å². The Kier molecular flexibility index (Phi) is 7.82. The highest BCUT2D eigenvalue weighted by molar-refractivity contribution is 5.94. The highest BCUT2D eigenvalue weighted by atomic mass is 19.4. The van der Waals surface area contributed by atoms with E-state index in [9.17, 15) is 27.6 Å². The van der Waals surface area contributed by atoms with E-state index in [1.54, 1.807) is 30.3 Å². The highest BCUT2D eigenvalue weighted by Gasteiger charge is 2.36. The largest absolute Gasteiger partial charge is 0.467 e. The summed E-state index contributed by atoms with van der Waals surface area (Å²) in [5.74, 6) is -3.35. The second-order valence-corrected chi connectivity index (χ2v) is 5.36. The van der Waals surface area contributed by atoms with E-state index >= 15 is 0 Å². The third kappa shape index (κ3) is 6.96. The van der Waals surface area contributed by atoms with E-state index in [0.29, 0.717) is 6.08 Å².